The average molecular weight is 451 g/mol. The molecule has 146 valence electrons. The minimum atomic E-state index is -0.223. The third-order valence-electron chi connectivity index (χ3n) is 6.26. The second-order valence-electron chi connectivity index (χ2n) is 8.04. The Morgan fingerprint density at radius 3 is 2.41 bits per heavy atom. The Morgan fingerprint density at radius 1 is 1.15 bits per heavy atom. The van der Waals surface area contributed by atoms with Crippen molar-refractivity contribution in [2.24, 2.45) is 0 Å². The van der Waals surface area contributed by atoms with Gasteiger partial charge in [0, 0.05) is 31.4 Å². The van der Waals surface area contributed by atoms with Gasteiger partial charge >= 0.3 is 6.09 Å². The predicted octanol–water partition coefficient (Wildman–Crippen LogP) is 1.67. The first kappa shape index (κ1) is 20.4. The molecule has 27 heavy (non-hydrogen) atoms. The molecule has 0 radical (unpaired) electrons. The van der Waals surface area contributed by atoms with Gasteiger partial charge in [0.05, 0.1) is 32.7 Å². The molecule has 1 aromatic carbocycles. The number of rotatable bonds is 4. The van der Waals surface area contributed by atoms with Crippen LogP contribution in [-0.2, 0) is 11.3 Å². The zero-order valence-corrected chi connectivity index (χ0v) is 18.3. The highest BCUT2D eigenvalue weighted by Gasteiger charge is 2.50. The Balaban J connectivity index is 0.00000210. The Labute approximate surface area is 176 Å². The summed E-state index contributed by atoms with van der Waals surface area (Å²) in [6, 6.07) is 13.1. The molecule has 4 nitrogen and oxygen atoms in total. The van der Waals surface area contributed by atoms with E-state index in [9.17, 15) is 4.79 Å². The van der Waals surface area contributed by atoms with E-state index in [-0.39, 0.29) is 29.2 Å². The SMILES string of the molecule is C[N+]1(C)C2CCC1CC(OC(=O)N(Cc1ccsc1)c1ccccc1)C2.[Br-]. The van der Waals surface area contributed by atoms with E-state index in [0.717, 1.165) is 28.6 Å². The molecule has 6 heteroatoms. The molecule has 3 heterocycles. The first-order valence-electron chi connectivity index (χ1n) is 9.41. The van der Waals surface area contributed by atoms with Crippen LogP contribution in [0.25, 0.3) is 0 Å². The number of halogens is 1. The molecule has 0 saturated carbocycles. The fourth-order valence-corrected chi connectivity index (χ4v) is 5.23. The maximum Gasteiger partial charge on any atom is 0.414 e. The lowest BCUT2D eigenvalue weighted by Crippen LogP contribution is -3.00. The van der Waals surface area contributed by atoms with E-state index in [0.29, 0.717) is 18.6 Å². The molecule has 2 fully saturated rings. The minimum absolute atomic E-state index is 0. The number of fused-ring (bicyclic) bond motifs is 2. The predicted molar refractivity (Wildman–Crippen MR) is 105 cm³/mol. The highest BCUT2D eigenvalue weighted by atomic mass is 79.9. The molecular formula is C21H27BrN2O2S. The molecule has 2 unspecified atom stereocenters. The largest absolute Gasteiger partial charge is 1.00 e. The summed E-state index contributed by atoms with van der Waals surface area (Å²) >= 11 is 1.65. The number of piperidine rings is 1. The first-order valence-corrected chi connectivity index (χ1v) is 10.4. The van der Waals surface area contributed by atoms with Crippen molar-refractivity contribution >= 4 is 23.1 Å². The van der Waals surface area contributed by atoms with E-state index in [4.69, 9.17) is 4.74 Å². The normalized spacial score (nSPS) is 25.5. The summed E-state index contributed by atoms with van der Waals surface area (Å²) < 4.78 is 7.10. The third-order valence-corrected chi connectivity index (χ3v) is 6.99. The fourth-order valence-electron chi connectivity index (χ4n) is 4.57. The highest BCUT2D eigenvalue weighted by molar-refractivity contribution is 7.07. The smallest absolute Gasteiger partial charge is 0.414 e. The van der Waals surface area contributed by atoms with Gasteiger partial charge in [-0.3, -0.25) is 4.90 Å². The number of hydrogen-bond acceptors (Lipinski definition) is 3. The number of ether oxygens (including phenoxy) is 1. The van der Waals surface area contributed by atoms with Gasteiger partial charge in [0.2, 0.25) is 0 Å². The lowest BCUT2D eigenvalue weighted by molar-refractivity contribution is -0.931. The summed E-state index contributed by atoms with van der Waals surface area (Å²) in [5, 5.41) is 4.13. The second kappa shape index (κ2) is 8.33. The van der Waals surface area contributed by atoms with Crippen LogP contribution < -0.4 is 21.9 Å². The molecule has 0 spiro atoms. The number of anilines is 1. The van der Waals surface area contributed by atoms with Gasteiger partial charge in [0.25, 0.3) is 0 Å². The number of carbonyl (C=O) groups is 1. The topological polar surface area (TPSA) is 29.5 Å². The second-order valence-corrected chi connectivity index (χ2v) is 8.82. The van der Waals surface area contributed by atoms with Crippen LogP contribution in [0.1, 0.15) is 31.2 Å². The monoisotopic (exact) mass is 450 g/mol. The number of carbonyl (C=O) groups excluding carboxylic acids is 1. The van der Waals surface area contributed by atoms with Gasteiger partial charge in [0.1, 0.15) is 6.10 Å². The zero-order chi connectivity index (χ0) is 18.1. The van der Waals surface area contributed by atoms with Gasteiger partial charge in [-0.2, -0.15) is 11.3 Å². The van der Waals surface area contributed by atoms with Gasteiger partial charge in [0.15, 0.2) is 0 Å². The molecule has 0 N–H and O–H groups in total. The maximum absolute atomic E-state index is 13.0. The number of nitrogens with zero attached hydrogens (tertiary/aromatic N) is 2. The summed E-state index contributed by atoms with van der Waals surface area (Å²) in [7, 11) is 4.65. The Hall–Kier alpha value is -1.37. The molecule has 0 aliphatic carbocycles. The number of quaternary nitrogens is 1. The number of hydrogen-bond donors (Lipinski definition) is 0. The Morgan fingerprint density at radius 2 is 1.81 bits per heavy atom. The van der Waals surface area contributed by atoms with Crippen molar-refractivity contribution in [1.29, 1.82) is 0 Å². The first-order chi connectivity index (χ1) is 12.5. The summed E-state index contributed by atoms with van der Waals surface area (Å²) in [5.41, 5.74) is 2.02. The van der Waals surface area contributed by atoms with E-state index in [1.807, 2.05) is 35.7 Å². The van der Waals surface area contributed by atoms with E-state index >= 15 is 0 Å². The van der Waals surface area contributed by atoms with Crippen LogP contribution in [0.2, 0.25) is 0 Å². The average Bonchev–Trinajstić information content (AvgIpc) is 3.16. The summed E-state index contributed by atoms with van der Waals surface area (Å²) in [6.07, 6.45) is 4.29. The quantitative estimate of drug-likeness (QED) is 0.662. The molecule has 2 bridgehead atoms. The van der Waals surface area contributed by atoms with E-state index in [1.165, 1.54) is 12.8 Å². The van der Waals surface area contributed by atoms with Crippen molar-refractivity contribution in [1.82, 2.24) is 0 Å². The van der Waals surface area contributed by atoms with Crippen LogP contribution in [0.3, 0.4) is 0 Å². The van der Waals surface area contributed by atoms with Gasteiger partial charge in [-0.15, -0.1) is 0 Å². The third kappa shape index (κ3) is 4.23. The number of benzene rings is 1. The molecule has 2 aliphatic heterocycles. The number of para-hydroxylation sites is 1. The Bertz CT molecular complexity index is 735. The lowest BCUT2D eigenvalue weighted by Gasteiger charge is -2.44. The van der Waals surface area contributed by atoms with Crippen molar-refractivity contribution in [2.45, 2.75) is 50.4 Å². The molecule has 1 aromatic heterocycles. The van der Waals surface area contributed by atoms with E-state index < -0.39 is 0 Å². The van der Waals surface area contributed by atoms with E-state index in [2.05, 4.69) is 25.5 Å². The lowest BCUT2D eigenvalue weighted by atomic mass is 9.98. The molecular weight excluding hydrogens is 424 g/mol. The van der Waals surface area contributed by atoms with Crippen LogP contribution in [0.5, 0.6) is 0 Å². The van der Waals surface area contributed by atoms with Crippen LogP contribution >= 0.6 is 11.3 Å². The van der Waals surface area contributed by atoms with Gasteiger partial charge < -0.3 is 26.2 Å². The van der Waals surface area contributed by atoms with E-state index in [1.54, 1.807) is 16.2 Å². The summed E-state index contributed by atoms with van der Waals surface area (Å²) in [4.78, 5) is 14.8. The van der Waals surface area contributed by atoms with Crippen molar-refractivity contribution in [3.05, 3.63) is 52.7 Å². The maximum atomic E-state index is 13.0. The van der Waals surface area contributed by atoms with Gasteiger partial charge in [-0.1, -0.05) is 18.2 Å². The number of thiophene rings is 1. The molecule has 4 rings (SSSR count). The standard InChI is InChI=1S/C21H27N2O2S.BrH/c1-23(2)18-8-9-19(23)13-20(12-18)25-21(24)22(14-16-10-11-26-15-16)17-6-4-3-5-7-17;/h3-7,10-11,15,18-20H,8-9,12-14H2,1-2H3;1H/q+1;/p-1. The summed E-state index contributed by atoms with van der Waals surface area (Å²) in [6.45, 7) is 0.549. The van der Waals surface area contributed by atoms with Crippen molar-refractivity contribution < 1.29 is 31.0 Å². The van der Waals surface area contributed by atoms with Crippen LogP contribution in [-0.4, -0.2) is 42.9 Å². The van der Waals surface area contributed by atoms with Gasteiger partial charge in [-0.25, -0.2) is 4.79 Å². The van der Waals surface area contributed by atoms with Crippen molar-refractivity contribution in [3.63, 3.8) is 0 Å². The van der Waals surface area contributed by atoms with Crippen LogP contribution in [0, 0.1) is 0 Å². The Kier molecular flexibility index (Phi) is 6.28. The molecule has 2 aliphatic rings. The molecule has 2 saturated heterocycles. The molecule has 2 atom stereocenters. The van der Waals surface area contributed by atoms with Crippen LogP contribution in [0.15, 0.2) is 47.2 Å². The molecule has 2 aromatic rings. The van der Waals surface area contributed by atoms with Gasteiger partial charge in [-0.05, 0) is 34.5 Å². The van der Waals surface area contributed by atoms with Crippen LogP contribution in [0.4, 0.5) is 10.5 Å². The highest BCUT2D eigenvalue weighted by Crippen LogP contribution is 2.40. The van der Waals surface area contributed by atoms with Crippen molar-refractivity contribution in [2.75, 3.05) is 19.0 Å². The minimum Gasteiger partial charge on any atom is -1.00 e. The fraction of sp³-hybridized carbons (Fsp3) is 0.476. The zero-order valence-electron chi connectivity index (χ0n) is 15.9. The number of amides is 1. The summed E-state index contributed by atoms with van der Waals surface area (Å²) in [5.74, 6) is 0. The van der Waals surface area contributed by atoms with Crippen molar-refractivity contribution in [3.8, 4) is 0 Å². The molecule has 1 amide bonds.